The maximum absolute atomic E-state index is 13.1. The van der Waals surface area contributed by atoms with E-state index in [0.29, 0.717) is 18.4 Å². The lowest BCUT2D eigenvalue weighted by atomic mass is 9.47. The number of aliphatic carboxylic acids is 2. The first-order valence-corrected chi connectivity index (χ1v) is 10.6. The molecule has 0 spiro atoms. The maximum atomic E-state index is 13.1. The number of carboxylic acids is 2. The molecule has 4 heteroatoms. The van der Waals surface area contributed by atoms with E-state index < -0.39 is 28.2 Å². The lowest BCUT2D eigenvalue weighted by molar-refractivity contribution is -0.163. The fourth-order valence-electron chi connectivity index (χ4n) is 6.43. The third-order valence-corrected chi connectivity index (χ3v) is 7.40. The molecule has 0 fully saturated rings. The van der Waals surface area contributed by atoms with E-state index in [1.807, 2.05) is 86.6 Å². The Bertz CT molecular complexity index is 1110. The minimum Gasteiger partial charge on any atom is -0.480 e. The Morgan fingerprint density at radius 1 is 0.645 bits per heavy atom. The molecule has 2 atom stereocenters. The van der Waals surface area contributed by atoms with E-state index in [1.54, 1.807) is 12.1 Å². The predicted octanol–water partition coefficient (Wildman–Crippen LogP) is 5.15. The SMILES string of the molecule is CCC1(c2ccccc2)c2ccccc2C(C(=O)O)(C(=O)O)C1(CC)c1ccccc1. The second-order valence-corrected chi connectivity index (χ2v) is 8.16. The van der Waals surface area contributed by atoms with Gasteiger partial charge in [-0.15, -0.1) is 0 Å². The van der Waals surface area contributed by atoms with Gasteiger partial charge in [0.15, 0.2) is 0 Å². The van der Waals surface area contributed by atoms with Crippen LogP contribution in [0, 0.1) is 0 Å². The summed E-state index contributed by atoms with van der Waals surface area (Å²) in [4.78, 5) is 26.3. The molecule has 158 valence electrons. The van der Waals surface area contributed by atoms with Crippen LogP contribution in [0.5, 0.6) is 0 Å². The molecular weight excluding hydrogens is 388 g/mol. The summed E-state index contributed by atoms with van der Waals surface area (Å²) in [5.41, 5.74) is -1.41. The van der Waals surface area contributed by atoms with Gasteiger partial charge in [0.05, 0.1) is 0 Å². The summed E-state index contributed by atoms with van der Waals surface area (Å²) in [6.45, 7) is 3.93. The quantitative estimate of drug-likeness (QED) is 0.547. The van der Waals surface area contributed by atoms with Gasteiger partial charge in [-0.2, -0.15) is 0 Å². The molecule has 0 heterocycles. The minimum atomic E-state index is -2.13. The Morgan fingerprint density at radius 3 is 1.55 bits per heavy atom. The molecule has 31 heavy (non-hydrogen) atoms. The van der Waals surface area contributed by atoms with E-state index in [4.69, 9.17) is 0 Å². The highest BCUT2D eigenvalue weighted by Gasteiger charge is 2.76. The molecule has 0 aliphatic heterocycles. The first-order valence-electron chi connectivity index (χ1n) is 10.6. The lowest BCUT2D eigenvalue weighted by Gasteiger charge is -2.52. The first kappa shape index (κ1) is 20.9. The highest BCUT2D eigenvalue weighted by atomic mass is 16.4. The van der Waals surface area contributed by atoms with Crippen LogP contribution in [0.2, 0.25) is 0 Å². The van der Waals surface area contributed by atoms with Crippen LogP contribution >= 0.6 is 0 Å². The standard InChI is InChI=1S/C27H26O4/c1-3-25(19-13-7-5-8-14-19)21-17-11-12-18-22(21)27(23(28)29,24(30)31)26(25,4-2)20-15-9-6-10-16-20/h5-18H,3-4H2,1-2H3,(H,28,29)(H,30,31). The van der Waals surface area contributed by atoms with E-state index in [2.05, 4.69) is 0 Å². The molecule has 3 aromatic carbocycles. The molecule has 0 amide bonds. The molecule has 1 aliphatic rings. The molecule has 0 aromatic heterocycles. The summed E-state index contributed by atoms with van der Waals surface area (Å²) in [6.07, 6.45) is 0.895. The average Bonchev–Trinajstić information content (AvgIpc) is 3.05. The Hall–Kier alpha value is -3.40. The molecule has 4 nitrogen and oxygen atoms in total. The van der Waals surface area contributed by atoms with Crippen molar-refractivity contribution in [2.75, 3.05) is 0 Å². The van der Waals surface area contributed by atoms with Crippen molar-refractivity contribution in [2.24, 2.45) is 0 Å². The molecule has 1 aliphatic carbocycles. The number of carboxylic acid groups (broad SMARTS) is 2. The van der Waals surface area contributed by atoms with Gasteiger partial charge < -0.3 is 10.2 Å². The van der Waals surface area contributed by atoms with E-state index in [0.717, 1.165) is 16.7 Å². The average molecular weight is 415 g/mol. The van der Waals surface area contributed by atoms with Crippen LogP contribution in [-0.4, -0.2) is 22.2 Å². The zero-order chi connectivity index (χ0) is 22.3. The predicted molar refractivity (Wildman–Crippen MR) is 119 cm³/mol. The fourth-order valence-corrected chi connectivity index (χ4v) is 6.43. The zero-order valence-corrected chi connectivity index (χ0v) is 17.7. The van der Waals surface area contributed by atoms with Gasteiger partial charge in [0.1, 0.15) is 0 Å². The largest absolute Gasteiger partial charge is 0.480 e. The van der Waals surface area contributed by atoms with E-state index >= 15 is 0 Å². The van der Waals surface area contributed by atoms with Crippen LogP contribution in [-0.2, 0) is 25.8 Å². The molecule has 2 N–H and O–H groups in total. The second-order valence-electron chi connectivity index (χ2n) is 8.16. The van der Waals surface area contributed by atoms with Crippen LogP contribution in [0.4, 0.5) is 0 Å². The summed E-state index contributed by atoms with van der Waals surface area (Å²) in [6, 6.07) is 26.3. The number of benzene rings is 3. The lowest BCUT2D eigenvalue weighted by Crippen LogP contribution is -2.63. The smallest absolute Gasteiger partial charge is 0.326 e. The third kappa shape index (κ3) is 2.30. The van der Waals surface area contributed by atoms with Gasteiger partial charge in [-0.3, -0.25) is 9.59 Å². The van der Waals surface area contributed by atoms with E-state index in [1.165, 1.54) is 0 Å². The van der Waals surface area contributed by atoms with Crippen molar-refractivity contribution < 1.29 is 19.8 Å². The van der Waals surface area contributed by atoms with Crippen LogP contribution < -0.4 is 0 Å². The van der Waals surface area contributed by atoms with Crippen molar-refractivity contribution >= 4 is 11.9 Å². The van der Waals surface area contributed by atoms with Crippen LogP contribution in [0.3, 0.4) is 0 Å². The van der Waals surface area contributed by atoms with Gasteiger partial charge >= 0.3 is 11.9 Å². The fraction of sp³-hybridized carbons (Fsp3) is 0.259. The number of hydrogen-bond donors (Lipinski definition) is 2. The number of rotatable bonds is 6. The highest BCUT2D eigenvalue weighted by molar-refractivity contribution is 6.09. The summed E-state index contributed by atoms with van der Waals surface area (Å²) >= 11 is 0. The molecule has 3 aromatic rings. The van der Waals surface area contributed by atoms with E-state index in [9.17, 15) is 19.8 Å². The van der Waals surface area contributed by atoms with E-state index in [-0.39, 0.29) is 0 Å². The minimum absolute atomic E-state index is 0.340. The Morgan fingerprint density at radius 2 is 1.10 bits per heavy atom. The van der Waals surface area contributed by atoms with Gasteiger partial charge in [-0.25, -0.2) is 0 Å². The topological polar surface area (TPSA) is 74.6 Å². The highest BCUT2D eigenvalue weighted by Crippen LogP contribution is 2.68. The molecule has 0 radical (unpaired) electrons. The van der Waals surface area contributed by atoms with Gasteiger partial charge in [0, 0.05) is 10.8 Å². The van der Waals surface area contributed by atoms with Crippen molar-refractivity contribution in [3.05, 3.63) is 107 Å². The maximum Gasteiger partial charge on any atom is 0.326 e. The first-order chi connectivity index (χ1) is 14.9. The van der Waals surface area contributed by atoms with Crippen LogP contribution in [0.15, 0.2) is 84.9 Å². The summed E-state index contributed by atoms with van der Waals surface area (Å²) in [5.74, 6) is -2.66. The van der Waals surface area contributed by atoms with Gasteiger partial charge in [-0.05, 0) is 35.1 Å². The van der Waals surface area contributed by atoms with Gasteiger partial charge in [-0.1, -0.05) is 98.8 Å². The third-order valence-electron chi connectivity index (χ3n) is 7.40. The van der Waals surface area contributed by atoms with Crippen LogP contribution in [0.1, 0.15) is 48.9 Å². The second kappa shape index (κ2) is 7.38. The summed E-state index contributed by atoms with van der Waals surface area (Å²) < 4.78 is 0. The number of hydrogen-bond acceptors (Lipinski definition) is 2. The van der Waals surface area contributed by atoms with Gasteiger partial charge in [0.2, 0.25) is 5.41 Å². The summed E-state index contributed by atoms with van der Waals surface area (Å²) in [5, 5.41) is 21.4. The van der Waals surface area contributed by atoms with Gasteiger partial charge in [0.25, 0.3) is 0 Å². The van der Waals surface area contributed by atoms with Crippen LogP contribution in [0.25, 0.3) is 0 Å². The monoisotopic (exact) mass is 414 g/mol. The van der Waals surface area contributed by atoms with Crippen molar-refractivity contribution in [3.8, 4) is 0 Å². The van der Waals surface area contributed by atoms with Crippen molar-refractivity contribution in [1.29, 1.82) is 0 Å². The zero-order valence-electron chi connectivity index (χ0n) is 17.7. The molecule has 4 rings (SSSR count). The molecular formula is C27H26O4. The summed E-state index contributed by atoms with van der Waals surface area (Å²) in [7, 11) is 0. The normalized spacial score (nSPS) is 23.8. The van der Waals surface area contributed by atoms with Crippen molar-refractivity contribution in [3.63, 3.8) is 0 Å². The number of carbonyl (C=O) groups is 2. The molecule has 0 bridgehead atoms. The molecule has 0 saturated heterocycles. The molecule has 0 saturated carbocycles. The Labute approximate surface area is 182 Å². The number of fused-ring (bicyclic) bond motifs is 1. The van der Waals surface area contributed by atoms with Crippen molar-refractivity contribution in [2.45, 2.75) is 42.9 Å². The Balaban J connectivity index is 2.32. The molecule has 2 unspecified atom stereocenters. The van der Waals surface area contributed by atoms with Crippen molar-refractivity contribution in [1.82, 2.24) is 0 Å². The Kier molecular flexibility index (Phi) is 4.97.